The van der Waals surface area contributed by atoms with Crippen molar-refractivity contribution in [2.24, 2.45) is 5.41 Å². The zero-order valence-corrected chi connectivity index (χ0v) is 11.5. The van der Waals surface area contributed by atoms with Crippen molar-refractivity contribution in [3.05, 3.63) is 11.3 Å². The van der Waals surface area contributed by atoms with Crippen LogP contribution in [0.3, 0.4) is 0 Å². The highest BCUT2D eigenvalue weighted by Gasteiger charge is 2.40. The van der Waals surface area contributed by atoms with Gasteiger partial charge in [-0.25, -0.2) is 4.79 Å². The summed E-state index contributed by atoms with van der Waals surface area (Å²) in [7, 11) is 0. The largest absolute Gasteiger partial charge is 0.466 e. The molecule has 0 aromatic rings. The van der Waals surface area contributed by atoms with Gasteiger partial charge in [-0.2, -0.15) is 0 Å². The first-order valence-electron chi connectivity index (χ1n) is 6.22. The molecule has 0 fully saturated rings. The van der Waals surface area contributed by atoms with Gasteiger partial charge < -0.3 is 14.8 Å². The third kappa shape index (κ3) is 3.03. The third-order valence-electron chi connectivity index (χ3n) is 3.05. The molecule has 18 heavy (non-hydrogen) atoms. The van der Waals surface area contributed by atoms with E-state index in [2.05, 4.69) is 5.32 Å². The minimum Gasteiger partial charge on any atom is -0.466 e. The molecule has 1 atom stereocenters. The van der Waals surface area contributed by atoms with E-state index >= 15 is 0 Å². The van der Waals surface area contributed by atoms with Gasteiger partial charge in [0.05, 0.1) is 24.2 Å². The van der Waals surface area contributed by atoms with Crippen LogP contribution in [0.5, 0.6) is 0 Å². The van der Waals surface area contributed by atoms with Crippen molar-refractivity contribution in [3.63, 3.8) is 0 Å². The first kappa shape index (κ1) is 14.5. The van der Waals surface area contributed by atoms with Crippen LogP contribution in [0, 0.1) is 5.41 Å². The van der Waals surface area contributed by atoms with Crippen LogP contribution >= 0.6 is 0 Å². The Hall–Kier alpha value is -1.52. The Bertz CT molecular complexity index is 375. The molecule has 0 bridgehead atoms. The van der Waals surface area contributed by atoms with Gasteiger partial charge in [-0.3, -0.25) is 4.79 Å². The lowest BCUT2D eigenvalue weighted by atomic mass is 9.80. The smallest absolute Gasteiger partial charge is 0.335 e. The fraction of sp³-hybridized carbons (Fsp3) is 0.692. The monoisotopic (exact) mass is 255 g/mol. The fourth-order valence-electron chi connectivity index (χ4n) is 1.91. The normalized spacial score (nSPS) is 23.3. The van der Waals surface area contributed by atoms with E-state index in [0.717, 1.165) is 5.70 Å². The van der Waals surface area contributed by atoms with Crippen molar-refractivity contribution >= 4 is 11.9 Å². The van der Waals surface area contributed by atoms with E-state index < -0.39 is 5.41 Å². The summed E-state index contributed by atoms with van der Waals surface area (Å²) in [5.41, 5.74) is 0.589. The van der Waals surface area contributed by atoms with Crippen LogP contribution < -0.4 is 5.32 Å². The summed E-state index contributed by atoms with van der Waals surface area (Å²) in [5.74, 6) is -0.649. The molecule has 1 aliphatic rings. The van der Waals surface area contributed by atoms with Crippen molar-refractivity contribution in [2.45, 2.75) is 34.1 Å². The highest BCUT2D eigenvalue weighted by Crippen LogP contribution is 2.32. The van der Waals surface area contributed by atoms with E-state index in [1.54, 1.807) is 20.8 Å². The molecule has 0 spiro atoms. The van der Waals surface area contributed by atoms with Crippen LogP contribution in [0.25, 0.3) is 0 Å². The van der Waals surface area contributed by atoms with E-state index in [9.17, 15) is 9.59 Å². The zero-order valence-electron chi connectivity index (χ0n) is 11.5. The van der Waals surface area contributed by atoms with Crippen LogP contribution in [-0.2, 0) is 19.1 Å². The predicted octanol–water partition coefficient (Wildman–Crippen LogP) is 1.39. The zero-order chi connectivity index (χ0) is 13.8. The summed E-state index contributed by atoms with van der Waals surface area (Å²) >= 11 is 0. The van der Waals surface area contributed by atoms with Crippen molar-refractivity contribution in [3.8, 4) is 0 Å². The maximum Gasteiger partial charge on any atom is 0.335 e. The number of nitrogens with one attached hydrogen (secondary N) is 1. The summed E-state index contributed by atoms with van der Waals surface area (Å²) in [6.07, 6.45) is 0.351. The number of hydrogen-bond acceptors (Lipinski definition) is 5. The van der Waals surface area contributed by atoms with E-state index in [0.29, 0.717) is 31.8 Å². The number of rotatable bonds is 4. The average Bonchev–Trinajstić information content (AvgIpc) is 2.33. The molecule has 0 saturated heterocycles. The summed E-state index contributed by atoms with van der Waals surface area (Å²) in [4.78, 5) is 23.7. The van der Waals surface area contributed by atoms with Gasteiger partial charge in [0.2, 0.25) is 0 Å². The van der Waals surface area contributed by atoms with Crippen LogP contribution in [0.1, 0.15) is 34.1 Å². The molecule has 102 valence electrons. The Morgan fingerprint density at radius 1 is 1.28 bits per heavy atom. The van der Waals surface area contributed by atoms with Crippen molar-refractivity contribution in [1.29, 1.82) is 0 Å². The van der Waals surface area contributed by atoms with E-state index in [1.165, 1.54) is 0 Å². The molecule has 1 aliphatic heterocycles. The summed E-state index contributed by atoms with van der Waals surface area (Å²) < 4.78 is 10.0. The molecule has 0 aliphatic carbocycles. The first-order valence-corrected chi connectivity index (χ1v) is 6.22. The standard InChI is InChI=1S/C13H21NO4/c1-5-17-11(15)10-7-13(4,8-14-9(10)3)12(16)18-6-2/h14H,5-8H2,1-4H3. The number of carbonyl (C=O) groups is 2. The Balaban J connectivity index is 2.87. The maximum atomic E-state index is 11.9. The molecule has 1 rings (SSSR count). The quantitative estimate of drug-likeness (QED) is 0.769. The van der Waals surface area contributed by atoms with Gasteiger partial charge in [-0.15, -0.1) is 0 Å². The van der Waals surface area contributed by atoms with Crippen LogP contribution in [0.2, 0.25) is 0 Å². The summed E-state index contributed by atoms with van der Waals surface area (Å²) in [5, 5.41) is 3.08. The van der Waals surface area contributed by atoms with Gasteiger partial charge in [0.1, 0.15) is 0 Å². The molecule has 0 aromatic carbocycles. The Labute approximate surface area is 108 Å². The molecule has 0 saturated carbocycles. The number of esters is 2. The second-order valence-corrected chi connectivity index (χ2v) is 4.64. The number of hydrogen-bond donors (Lipinski definition) is 1. The molecule has 1 N–H and O–H groups in total. The lowest BCUT2D eigenvalue weighted by molar-refractivity contribution is -0.154. The lowest BCUT2D eigenvalue weighted by Gasteiger charge is -2.33. The Morgan fingerprint density at radius 2 is 1.89 bits per heavy atom. The summed E-state index contributed by atoms with van der Waals surface area (Å²) in [6, 6.07) is 0. The van der Waals surface area contributed by atoms with E-state index in [1.807, 2.05) is 6.92 Å². The molecule has 1 heterocycles. The van der Waals surface area contributed by atoms with Gasteiger partial charge in [0.15, 0.2) is 0 Å². The lowest BCUT2D eigenvalue weighted by Crippen LogP contribution is -2.44. The van der Waals surface area contributed by atoms with Crippen molar-refractivity contribution in [1.82, 2.24) is 5.32 Å². The highest BCUT2D eigenvalue weighted by atomic mass is 16.5. The molecule has 5 heteroatoms. The van der Waals surface area contributed by atoms with Crippen LogP contribution in [-0.4, -0.2) is 31.7 Å². The summed E-state index contributed by atoms with van der Waals surface area (Å²) in [6.45, 7) is 8.28. The topological polar surface area (TPSA) is 64.6 Å². The molecular weight excluding hydrogens is 234 g/mol. The second kappa shape index (κ2) is 5.89. The number of carbonyl (C=O) groups excluding carboxylic acids is 2. The maximum absolute atomic E-state index is 11.9. The third-order valence-corrected chi connectivity index (χ3v) is 3.05. The molecule has 0 amide bonds. The predicted molar refractivity (Wildman–Crippen MR) is 66.7 cm³/mol. The average molecular weight is 255 g/mol. The molecule has 1 unspecified atom stereocenters. The van der Waals surface area contributed by atoms with E-state index in [-0.39, 0.29) is 11.9 Å². The Kier molecular flexibility index (Phi) is 4.76. The SMILES string of the molecule is CCOC(=O)C1=C(C)NCC(C)(C(=O)OCC)C1. The highest BCUT2D eigenvalue weighted by molar-refractivity contribution is 5.91. The van der Waals surface area contributed by atoms with Crippen molar-refractivity contribution < 1.29 is 19.1 Å². The van der Waals surface area contributed by atoms with Crippen LogP contribution in [0.4, 0.5) is 0 Å². The fourth-order valence-corrected chi connectivity index (χ4v) is 1.91. The number of ether oxygens (including phenoxy) is 2. The molecule has 0 aromatic heterocycles. The molecule has 5 nitrogen and oxygen atoms in total. The van der Waals surface area contributed by atoms with E-state index in [4.69, 9.17) is 9.47 Å². The van der Waals surface area contributed by atoms with Gasteiger partial charge in [0.25, 0.3) is 0 Å². The van der Waals surface area contributed by atoms with Gasteiger partial charge in [-0.1, -0.05) is 0 Å². The molecular formula is C13H21NO4. The van der Waals surface area contributed by atoms with Crippen LogP contribution in [0.15, 0.2) is 11.3 Å². The van der Waals surface area contributed by atoms with Gasteiger partial charge in [0, 0.05) is 12.2 Å². The second-order valence-electron chi connectivity index (χ2n) is 4.64. The first-order chi connectivity index (χ1) is 8.44. The van der Waals surface area contributed by atoms with Gasteiger partial charge >= 0.3 is 11.9 Å². The molecule has 0 radical (unpaired) electrons. The van der Waals surface area contributed by atoms with Gasteiger partial charge in [-0.05, 0) is 34.1 Å². The minimum absolute atomic E-state index is 0.285. The number of allylic oxidation sites excluding steroid dienone is 1. The van der Waals surface area contributed by atoms with Crippen molar-refractivity contribution in [2.75, 3.05) is 19.8 Å². The Morgan fingerprint density at radius 3 is 2.44 bits per heavy atom. The minimum atomic E-state index is -0.711.